The fourth-order valence-electron chi connectivity index (χ4n) is 4.18. The normalized spacial score (nSPS) is 31.3. The monoisotopic (exact) mass is 357 g/mol. The highest BCUT2D eigenvalue weighted by molar-refractivity contribution is 5.67. The third kappa shape index (κ3) is 5.56. The Bertz CT molecular complexity index is 411. The van der Waals surface area contributed by atoms with Crippen molar-refractivity contribution in [2.75, 3.05) is 34.0 Å². The number of carbonyl (C=O) groups is 1. The van der Waals surface area contributed by atoms with Crippen molar-refractivity contribution >= 4 is 6.09 Å². The Morgan fingerprint density at radius 1 is 1.24 bits per heavy atom. The summed E-state index contributed by atoms with van der Waals surface area (Å²) in [5.41, 5.74) is -0.0482. The summed E-state index contributed by atoms with van der Waals surface area (Å²) in [6.45, 7) is 6.63. The Balaban J connectivity index is 1.72. The van der Waals surface area contributed by atoms with Crippen LogP contribution >= 0.6 is 0 Å². The Morgan fingerprint density at radius 3 is 2.56 bits per heavy atom. The predicted octanol–water partition coefficient (Wildman–Crippen LogP) is 3.14. The van der Waals surface area contributed by atoms with Crippen LogP contribution in [0.2, 0.25) is 0 Å². The van der Waals surface area contributed by atoms with Crippen molar-refractivity contribution in [3.05, 3.63) is 0 Å². The van der Waals surface area contributed by atoms with Crippen molar-refractivity contribution in [3.63, 3.8) is 0 Å². The van der Waals surface area contributed by atoms with Crippen molar-refractivity contribution in [1.82, 2.24) is 5.32 Å². The number of carbonyl (C=O) groups excluding carboxylic acids is 1. The van der Waals surface area contributed by atoms with Gasteiger partial charge in [0.2, 0.25) is 0 Å². The summed E-state index contributed by atoms with van der Waals surface area (Å²) in [5.74, 6) is 0.693. The molecule has 0 radical (unpaired) electrons. The van der Waals surface area contributed by atoms with Crippen LogP contribution in [0.15, 0.2) is 0 Å². The van der Waals surface area contributed by atoms with Gasteiger partial charge in [-0.3, -0.25) is 0 Å². The molecule has 4 atom stereocenters. The van der Waals surface area contributed by atoms with E-state index in [0.29, 0.717) is 12.5 Å². The maximum atomic E-state index is 12.1. The van der Waals surface area contributed by atoms with Crippen LogP contribution in [0, 0.1) is 11.8 Å². The zero-order chi connectivity index (χ0) is 18.3. The lowest BCUT2D eigenvalue weighted by Gasteiger charge is -2.42. The Hall–Kier alpha value is -0.850. The highest BCUT2D eigenvalue weighted by Gasteiger charge is 2.60. The minimum absolute atomic E-state index is 0.0482. The number of unbranched alkanes of at least 4 members (excludes halogenated alkanes) is 3. The molecule has 1 amide bonds. The summed E-state index contributed by atoms with van der Waals surface area (Å²) in [7, 11) is 3.42. The Kier molecular flexibility index (Phi) is 7.97. The number of epoxide rings is 1. The van der Waals surface area contributed by atoms with Gasteiger partial charge in [0.1, 0.15) is 6.10 Å². The zero-order valence-electron chi connectivity index (χ0n) is 16.2. The maximum Gasteiger partial charge on any atom is 0.407 e. The fraction of sp³-hybridized carbons (Fsp3) is 0.947. The molecular formula is C19H35NO5. The minimum Gasteiger partial charge on any atom is -0.443 e. The van der Waals surface area contributed by atoms with Crippen LogP contribution in [0.1, 0.15) is 52.4 Å². The summed E-state index contributed by atoms with van der Waals surface area (Å²) in [6.07, 6.45) is 5.34. The highest BCUT2D eigenvalue weighted by atomic mass is 16.6. The number of methoxy groups -OCH3 is 2. The van der Waals surface area contributed by atoms with Gasteiger partial charge in [-0.15, -0.1) is 0 Å². The molecule has 1 N–H and O–H groups in total. The molecule has 1 spiro atoms. The zero-order valence-corrected chi connectivity index (χ0v) is 16.2. The number of ether oxygens (including phenoxy) is 4. The summed E-state index contributed by atoms with van der Waals surface area (Å²) in [5, 5.41) is 2.87. The number of rotatable bonds is 10. The molecule has 1 saturated carbocycles. The Labute approximate surface area is 151 Å². The van der Waals surface area contributed by atoms with E-state index >= 15 is 0 Å². The van der Waals surface area contributed by atoms with E-state index in [2.05, 4.69) is 19.2 Å². The Morgan fingerprint density at radius 2 is 1.96 bits per heavy atom. The molecule has 1 saturated heterocycles. The quantitative estimate of drug-likeness (QED) is 0.480. The number of hydrogen-bond acceptors (Lipinski definition) is 5. The van der Waals surface area contributed by atoms with E-state index in [0.717, 1.165) is 51.7 Å². The molecule has 146 valence electrons. The molecule has 2 rings (SSSR count). The summed E-state index contributed by atoms with van der Waals surface area (Å²) in [6, 6.07) is 0. The SMILES string of the molecule is COCCCCCCNC(=O)OC1CC[C@]2(CO2)C(C(C)C)C1OC. The first kappa shape index (κ1) is 20.5. The van der Waals surface area contributed by atoms with Gasteiger partial charge in [0.05, 0.1) is 18.3 Å². The van der Waals surface area contributed by atoms with Crippen LogP contribution in [0.25, 0.3) is 0 Å². The van der Waals surface area contributed by atoms with Gasteiger partial charge in [0.25, 0.3) is 0 Å². The number of amides is 1. The predicted molar refractivity (Wildman–Crippen MR) is 95.7 cm³/mol. The summed E-state index contributed by atoms with van der Waals surface area (Å²) in [4.78, 5) is 12.1. The smallest absolute Gasteiger partial charge is 0.407 e. The van der Waals surface area contributed by atoms with Crippen LogP contribution in [0.5, 0.6) is 0 Å². The first-order chi connectivity index (χ1) is 12.0. The third-order valence-electron chi connectivity index (χ3n) is 5.49. The van der Waals surface area contributed by atoms with Gasteiger partial charge < -0.3 is 24.3 Å². The maximum absolute atomic E-state index is 12.1. The molecule has 25 heavy (non-hydrogen) atoms. The van der Waals surface area contributed by atoms with Crippen molar-refractivity contribution in [1.29, 1.82) is 0 Å². The van der Waals surface area contributed by atoms with Crippen LogP contribution in [-0.4, -0.2) is 57.9 Å². The second kappa shape index (κ2) is 9.74. The lowest BCUT2D eigenvalue weighted by molar-refractivity contribution is -0.111. The molecule has 1 aliphatic heterocycles. The lowest BCUT2D eigenvalue weighted by atomic mass is 9.70. The minimum atomic E-state index is -0.334. The number of alkyl carbamates (subject to hydrolysis) is 1. The van der Waals surface area contributed by atoms with Gasteiger partial charge in [-0.2, -0.15) is 0 Å². The molecular weight excluding hydrogens is 322 g/mol. The summed E-state index contributed by atoms with van der Waals surface area (Å²) >= 11 is 0. The van der Waals surface area contributed by atoms with E-state index in [9.17, 15) is 4.79 Å². The topological polar surface area (TPSA) is 69.3 Å². The molecule has 2 fully saturated rings. The van der Waals surface area contributed by atoms with Crippen molar-refractivity contribution in [2.24, 2.45) is 11.8 Å². The molecule has 1 aliphatic carbocycles. The van der Waals surface area contributed by atoms with Crippen molar-refractivity contribution in [3.8, 4) is 0 Å². The van der Waals surface area contributed by atoms with Gasteiger partial charge in [-0.1, -0.05) is 26.7 Å². The first-order valence-corrected chi connectivity index (χ1v) is 9.64. The molecule has 0 aromatic rings. The van der Waals surface area contributed by atoms with Crippen LogP contribution < -0.4 is 5.32 Å². The van der Waals surface area contributed by atoms with E-state index in [1.807, 2.05) is 0 Å². The molecule has 3 unspecified atom stereocenters. The summed E-state index contributed by atoms with van der Waals surface area (Å²) < 4.78 is 22.2. The van der Waals surface area contributed by atoms with Crippen molar-refractivity contribution in [2.45, 2.75) is 70.2 Å². The molecule has 6 heteroatoms. The molecule has 0 aromatic carbocycles. The van der Waals surface area contributed by atoms with Crippen LogP contribution in [-0.2, 0) is 18.9 Å². The van der Waals surface area contributed by atoms with E-state index in [-0.39, 0.29) is 29.8 Å². The second-order valence-electron chi connectivity index (χ2n) is 7.64. The molecule has 1 heterocycles. The van der Waals surface area contributed by atoms with Gasteiger partial charge in [0.15, 0.2) is 0 Å². The van der Waals surface area contributed by atoms with E-state index < -0.39 is 0 Å². The highest BCUT2D eigenvalue weighted by Crippen LogP contribution is 2.50. The van der Waals surface area contributed by atoms with Gasteiger partial charge in [0, 0.05) is 33.3 Å². The van der Waals surface area contributed by atoms with Crippen LogP contribution in [0.4, 0.5) is 4.79 Å². The fourth-order valence-corrected chi connectivity index (χ4v) is 4.18. The number of nitrogens with one attached hydrogen (secondary N) is 1. The second-order valence-corrected chi connectivity index (χ2v) is 7.64. The van der Waals surface area contributed by atoms with Gasteiger partial charge in [-0.05, 0) is 31.6 Å². The number of hydrogen-bond donors (Lipinski definition) is 1. The van der Waals surface area contributed by atoms with E-state index in [1.54, 1.807) is 14.2 Å². The van der Waals surface area contributed by atoms with Crippen LogP contribution in [0.3, 0.4) is 0 Å². The van der Waals surface area contributed by atoms with Gasteiger partial charge in [-0.25, -0.2) is 4.79 Å². The third-order valence-corrected chi connectivity index (χ3v) is 5.49. The van der Waals surface area contributed by atoms with E-state index in [1.165, 1.54) is 0 Å². The molecule has 2 aliphatic rings. The van der Waals surface area contributed by atoms with Gasteiger partial charge >= 0.3 is 6.09 Å². The molecule has 0 bridgehead atoms. The average Bonchev–Trinajstić information content (AvgIpc) is 3.35. The lowest BCUT2D eigenvalue weighted by Crippen LogP contribution is -2.52. The molecule has 0 aromatic heterocycles. The van der Waals surface area contributed by atoms with E-state index in [4.69, 9.17) is 18.9 Å². The first-order valence-electron chi connectivity index (χ1n) is 9.64. The van der Waals surface area contributed by atoms with Crippen molar-refractivity contribution < 1.29 is 23.7 Å². The molecule has 6 nitrogen and oxygen atoms in total. The largest absolute Gasteiger partial charge is 0.443 e. The average molecular weight is 357 g/mol. The standard InChI is InChI=1S/C19H35NO5/c1-14(2)16-17(23-4)15(9-10-19(16)13-24-19)25-18(21)20-11-7-5-6-8-12-22-3/h14-17H,5-13H2,1-4H3,(H,20,21)/t15?,16?,17?,19-/m0/s1.